The summed E-state index contributed by atoms with van der Waals surface area (Å²) in [6, 6.07) is 9.64. The van der Waals surface area contributed by atoms with Crippen LogP contribution in [0.4, 0.5) is 0 Å². The Morgan fingerprint density at radius 1 is 1.05 bits per heavy atom. The van der Waals surface area contributed by atoms with Gasteiger partial charge < -0.3 is 9.05 Å². The van der Waals surface area contributed by atoms with Crippen molar-refractivity contribution in [2.24, 2.45) is 0 Å². The van der Waals surface area contributed by atoms with Crippen LogP contribution in [0.2, 0.25) is 0 Å². The van der Waals surface area contributed by atoms with Crippen molar-refractivity contribution in [3.05, 3.63) is 30.3 Å². The SMILES string of the molecule is ClCC(Br)COP(CC(Br)CCl)Oc1ccccc1. The Bertz CT molecular complexity index is 346. The number of hydrogen-bond donors (Lipinski definition) is 0. The number of para-hydroxylation sites is 1. The highest BCUT2D eigenvalue weighted by Gasteiger charge is 2.19. The minimum Gasteiger partial charge on any atom is -0.447 e. The predicted molar refractivity (Wildman–Crippen MR) is 91.7 cm³/mol. The lowest BCUT2D eigenvalue weighted by Gasteiger charge is -2.20. The molecule has 2 nitrogen and oxygen atoms in total. The fourth-order valence-corrected chi connectivity index (χ4v) is 3.92. The molecule has 0 saturated heterocycles. The van der Waals surface area contributed by atoms with Crippen molar-refractivity contribution in [1.29, 1.82) is 0 Å². The van der Waals surface area contributed by atoms with E-state index in [1.165, 1.54) is 0 Å². The molecule has 0 fully saturated rings. The highest BCUT2D eigenvalue weighted by atomic mass is 79.9. The standard InChI is InChI=1S/C12H15Br2Cl2O2P/c13-10(6-15)8-17-19(9-11(14)7-16)18-12-4-2-1-3-5-12/h1-5,10-11H,6-9H2. The molecule has 0 amide bonds. The van der Waals surface area contributed by atoms with E-state index in [2.05, 4.69) is 31.9 Å². The second kappa shape index (κ2) is 10.6. The average Bonchev–Trinajstić information content (AvgIpc) is 2.45. The molecule has 0 saturated carbocycles. The van der Waals surface area contributed by atoms with Gasteiger partial charge in [0.2, 0.25) is 8.38 Å². The molecular weight excluding hydrogens is 438 g/mol. The first-order valence-electron chi connectivity index (χ1n) is 5.69. The average molecular weight is 453 g/mol. The molecule has 1 rings (SSSR count). The quantitative estimate of drug-likeness (QED) is 0.369. The topological polar surface area (TPSA) is 18.5 Å². The summed E-state index contributed by atoms with van der Waals surface area (Å²) in [6.07, 6.45) is 0.732. The van der Waals surface area contributed by atoms with Gasteiger partial charge in [-0.2, -0.15) is 0 Å². The molecule has 0 spiro atoms. The summed E-state index contributed by atoms with van der Waals surface area (Å²) in [4.78, 5) is 0.303. The van der Waals surface area contributed by atoms with Crippen LogP contribution in [0.5, 0.6) is 5.75 Å². The molecule has 0 aliphatic heterocycles. The third kappa shape index (κ3) is 8.08. The van der Waals surface area contributed by atoms with Gasteiger partial charge in [-0.15, -0.1) is 23.2 Å². The van der Waals surface area contributed by atoms with Gasteiger partial charge in [-0.05, 0) is 12.1 Å². The minimum absolute atomic E-state index is 0.128. The van der Waals surface area contributed by atoms with E-state index >= 15 is 0 Å². The van der Waals surface area contributed by atoms with Gasteiger partial charge in [-0.25, -0.2) is 0 Å². The zero-order valence-electron chi connectivity index (χ0n) is 10.1. The van der Waals surface area contributed by atoms with E-state index in [-0.39, 0.29) is 9.65 Å². The molecule has 3 unspecified atom stereocenters. The van der Waals surface area contributed by atoms with Crippen LogP contribution in [0.15, 0.2) is 30.3 Å². The maximum Gasteiger partial charge on any atom is 0.231 e. The molecule has 7 heteroatoms. The first-order valence-corrected chi connectivity index (χ1v) is 9.95. The van der Waals surface area contributed by atoms with Crippen LogP contribution in [-0.4, -0.2) is 34.2 Å². The fraction of sp³-hybridized carbons (Fsp3) is 0.500. The summed E-state index contributed by atoms with van der Waals surface area (Å²) < 4.78 is 11.7. The van der Waals surface area contributed by atoms with Crippen molar-refractivity contribution >= 4 is 63.4 Å². The van der Waals surface area contributed by atoms with Crippen molar-refractivity contribution in [2.45, 2.75) is 9.65 Å². The Morgan fingerprint density at radius 3 is 2.26 bits per heavy atom. The monoisotopic (exact) mass is 450 g/mol. The minimum atomic E-state index is -1.04. The second-order valence-corrected chi connectivity index (χ2v) is 8.40. The van der Waals surface area contributed by atoms with Crippen molar-refractivity contribution < 1.29 is 9.05 Å². The normalized spacial score (nSPS) is 15.8. The maximum absolute atomic E-state index is 5.87. The van der Waals surface area contributed by atoms with Gasteiger partial charge in [0, 0.05) is 22.7 Å². The number of benzene rings is 1. The third-order valence-electron chi connectivity index (χ3n) is 2.03. The Kier molecular flexibility index (Phi) is 10.1. The van der Waals surface area contributed by atoms with E-state index in [1.54, 1.807) is 0 Å². The summed E-state index contributed by atoms with van der Waals surface area (Å²) in [5, 5.41) is 0. The molecule has 0 bridgehead atoms. The molecule has 0 aromatic heterocycles. The Hall–Kier alpha value is 0.950. The van der Waals surface area contributed by atoms with Crippen LogP contribution in [0.3, 0.4) is 0 Å². The van der Waals surface area contributed by atoms with Gasteiger partial charge in [0.15, 0.2) is 0 Å². The molecule has 0 heterocycles. The summed E-state index contributed by atoms with van der Waals surface area (Å²) in [5.74, 6) is 1.83. The summed E-state index contributed by atoms with van der Waals surface area (Å²) in [6.45, 7) is 0.518. The van der Waals surface area contributed by atoms with Crippen LogP contribution in [-0.2, 0) is 4.52 Å². The molecular formula is C12H15Br2Cl2O2P. The van der Waals surface area contributed by atoms with E-state index < -0.39 is 8.38 Å². The van der Waals surface area contributed by atoms with Gasteiger partial charge in [-0.1, -0.05) is 50.1 Å². The smallest absolute Gasteiger partial charge is 0.231 e. The lowest BCUT2D eigenvalue weighted by Crippen LogP contribution is -2.14. The number of rotatable bonds is 9. The van der Waals surface area contributed by atoms with E-state index in [0.29, 0.717) is 18.4 Å². The molecule has 1 aromatic carbocycles. The van der Waals surface area contributed by atoms with Gasteiger partial charge in [-0.3, -0.25) is 0 Å². The van der Waals surface area contributed by atoms with Gasteiger partial charge >= 0.3 is 0 Å². The maximum atomic E-state index is 5.87. The van der Waals surface area contributed by atoms with Gasteiger partial charge in [0.1, 0.15) is 5.75 Å². The third-order valence-corrected chi connectivity index (χ3v) is 6.85. The molecule has 0 aliphatic rings. The van der Waals surface area contributed by atoms with E-state index in [0.717, 1.165) is 11.9 Å². The molecule has 19 heavy (non-hydrogen) atoms. The van der Waals surface area contributed by atoms with Crippen LogP contribution in [0.1, 0.15) is 0 Å². The highest BCUT2D eigenvalue weighted by Crippen LogP contribution is 2.41. The Labute approximate surface area is 142 Å². The first-order chi connectivity index (χ1) is 9.15. The summed E-state index contributed by atoms with van der Waals surface area (Å²) in [7, 11) is -1.04. The van der Waals surface area contributed by atoms with E-state index in [1.807, 2.05) is 30.3 Å². The Morgan fingerprint density at radius 2 is 1.68 bits per heavy atom. The van der Waals surface area contributed by atoms with Gasteiger partial charge in [0.25, 0.3) is 0 Å². The first kappa shape index (κ1) is 18.0. The predicted octanol–water partition coefficient (Wildman–Crippen LogP) is 5.40. The zero-order chi connectivity index (χ0) is 14.1. The number of hydrogen-bond acceptors (Lipinski definition) is 2. The lowest BCUT2D eigenvalue weighted by atomic mass is 10.3. The van der Waals surface area contributed by atoms with Crippen LogP contribution < -0.4 is 4.52 Å². The number of halogens is 4. The molecule has 0 aliphatic carbocycles. The van der Waals surface area contributed by atoms with E-state index in [4.69, 9.17) is 32.2 Å². The fourth-order valence-electron chi connectivity index (χ4n) is 1.13. The van der Waals surface area contributed by atoms with Gasteiger partial charge in [0.05, 0.1) is 11.4 Å². The largest absolute Gasteiger partial charge is 0.447 e. The molecule has 108 valence electrons. The Balaban J connectivity index is 2.53. The summed E-state index contributed by atoms with van der Waals surface area (Å²) in [5.41, 5.74) is 0. The molecule has 1 aromatic rings. The highest BCUT2D eigenvalue weighted by molar-refractivity contribution is 9.09. The van der Waals surface area contributed by atoms with Crippen LogP contribution in [0.25, 0.3) is 0 Å². The van der Waals surface area contributed by atoms with Crippen molar-refractivity contribution in [2.75, 3.05) is 24.5 Å². The molecule has 0 N–H and O–H groups in total. The number of alkyl halides is 4. The lowest BCUT2D eigenvalue weighted by molar-refractivity contribution is 0.320. The zero-order valence-corrected chi connectivity index (χ0v) is 15.7. The molecule has 0 radical (unpaired) electrons. The summed E-state index contributed by atoms with van der Waals surface area (Å²) >= 11 is 18.5. The van der Waals surface area contributed by atoms with Crippen LogP contribution >= 0.6 is 63.4 Å². The van der Waals surface area contributed by atoms with E-state index in [9.17, 15) is 0 Å². The van der Waals surface area contributed by atoms with Crippen molar-refractivity contribution in [1.82, 2.24) is 0 Å². The van der Waals surface area contributed by atoms with Crippen molar-refractivity contribution in [3.63, 3.8) is 0 Å². The van der Waals surface area contributed by atoms with Crippen LogP contribution in [0, 0.1) is 0 Å². The second-order valence-electron chi connectivity index (χ2n) is 3.72. The molecule has 3 atom stereocenters. The van der Waals surface area contributed by atoms with Crippen molar-refractivity contribution in [3.8, 4) is 5.75 Å².